The van der Waals surface area contributed by atoms with Gasteiger partial charge in [-0.25, -0.2) is 4.79 Å². The average molecular weight is 440 g/mol. The van der Waals surface area contributed by atoms with Crippen LogP contribution in [0.1, 0.15) is 12.5 Å². The van der Waals surface area contributed by atoms with E-state index in [4.69, 9.17) is 24.1 Å². The van der Waals surface area contributed by atoms with Crippen LogP contribution in [-0.2, 0) is 14.3 Å². The van der Waals surface area contributed by atoms with E-state index in [-0.39, 0.29) is 19.0 Å². The number of halogens is 3. The van der Waals surface area contributed by atoms with Gasteiger partial charge in [0.05, 0.1) is 5.57 Å². The number of aryl methyl sites for hydroxylation is 1. The second kappa shape index (κ2) is 11.3. The first-order valence-corrected chi connectivity index (χ1v) is 9.43. The molecule has 1 aromatic rings. The number of aliphatic carboxylic acids is 1. The van der Waals surface area contributed by atoms with Crippen molar-refractivity contribution in [1.29, 1.82) is 0 Å². The maximum absolute atomic E-state index is 12.8. The summed E-state index contributed by atoms with van der Waals surface area (Å²) in [4.78, 5) is 10.6. The fourth-order valence-electron chi connectivity index (χ4n) is 2.53. The third-order valence-electron chi connectivity index (χ3n) is 3.98. The number of carboxylic acids is 1. The number of hydrogen-bond donors (Lipinski definition) is 1. The van der Waals surface area contributed by atoms with E-state index in [1.54, 1.807) is 32.0 Å². The van der Waals surface area contributed by atoms with Crippen molar-refractivity contribution < 1.29 is 42.0 Å². The van der Waals surface area contributed by atoms with Crippen LogP contribution in [0.5, 0.6) is 11.5 Å². The van der Waals surface area contributed by atoms with Crippen LogP contribution in [0.3, 0.4) is 0 Å². The van der Waals surface area contributed by atoms with Crippen LogP contribution in [0.4, 0.5) is 13.2 Å². The topological polar surface area (TPSA) is 74.2 Å². The quantitative estimate of drug-likeness (QED) is 0.516. The van der Waals surface area contributed by atoms with Gasteiger partial charge in [-0.15, -0.1) is 5.73 Å². The molecule has 0 saturated heterocycles. The number of ether oxygens (including phenoxy) is 4. The minimum Gasteiger partial charge on any atom is -0.491 e. The van der Waals surface area contributed by atoms with Gasteiger partial charge in [-0.3, -0.25) is 0 Å². The van der Waals surface area contributed by atoms with Gasteiger partial charge in [0.15, 0.2) is 6.61 Å². The molecule has 6 nitrogen and oxygen atoms in total. The smallest absolute Gasteiger partial charge is 0.423 e. The molecule has 0 aromatic heterocycles. The van der Waals surface area contributed by atoms with Crippen molar-refractivity contribution in [2.24, 2.45) is 0 Å². The van der Waals surface area contributed by atoms with Gasteiger partial charge in [-0.1, -0.05) is 0 Å². The molecule has 1 aromatic carbocycles. The predicted molar refractivity (Wildman–Crippen MR) is 106 cm³/mol. The summed E-state index contributed by atoms with van der Waals surface area (Å²) >= 11 is 0. The Balaban J connectivity index is 1.90. The number of alkyl halides is 3. The molecule has 1 atom stereocenters. The summed E-state index contributed by atoms with van der Waals surface area (Å²) in [6, 6.07) is 4.95. The van der Waals surface area contributed by atoms with Gasteiger partial charge in [0.1, 0.15) is 36.6 Å². The maximum atomic E-state index is 12.8. The molecule has 0 saturated carbocycles. The lowest BCUT2D eigenvalue weighted by molar-refractivity contribution is -0.139. The lowest BCUT2D eigenvalue weighted by atomic mass is 10.2. The van der Waals surface area contributed by atoms with Gasteiger partial charge in [0.2, 0.25) is 0 Å². The largest absolute Gasteiger partial charge is 0.491 e. The number of allylic oxidation sites excluding steroid dienone is 4. The van der Waals surface area contributed by atoms with Crippen molar-refractivity contribution in [2.45, 2.75) is 26.1 Å². The highest BCUT2D eigenvalue weighted by atomic mass is 19.4. The van der Waals surface area contributed by atoms with Gasteiger partial charge < -0.3 is 24.1 Å². The molecular weight excluding hydrogens is 417 g/mol. The van der Waals surface area contributed by atoms with E-state index in [0.29, 0.717) is 23.7 Å². The molecule has 31 heavy (non-hydrogen) atoms. The van der Waals surface area contributed by atoms with E-state index in [2.05, 4.69) is 5.73 Å². The van der Waals surface area contributed by atoms with Crippen molar-refractivity contribution >= 4 is 5.97 Å². The van der Waals surface area contributed by atoms with Crippen LogP contribution in [0, 0.1) is 6.92 Å². The van der Waals surface area contributed by atoms with E-state index in [9.17, 15) is 18.0 Å². The lowest BCUT2D eigenvalue weighted by Gasteiger charge is -2.19. The fourth-order valence-corrected chi connectivity index (χ4v) is 2.53. The van der Waals surface area contributed by atoms with Crippen molar-refractivity contribution in [3.05, 3.63) is 65.1 Å². The molecule has 0 aliphatic heterocycles. The molecule has 2 rings (SSSR count). The van der Waals surface area contributed by atoms with Crippen LogP contribution in [0.15, 0.2) is 59.6 Å². The molecule has 1 unspecified atom stereocenters. The number of carbonyl (C=O) groups is 1. The molecule has 0 radical (unpaired) electrons. The highest BCUT2D eigenvalue weighted by Crippen LogP contribution is 2.27. The SMILES string of the molecule is CCOC(COC1=CC=C=C(C(F)(F)F)C=C1)COc1ccc(OCC(=O)O)c(C)c1. The summed E-state index contributed by atoms with van der Waals surface area (Å²) in [5, 5.41) is 8.68. The van der Waals surface area contributed by atoms with E-state index in [1.165, 1.54) is 12.2 Å². The predicted octanol–water partition coefficient (Wildman–Crippen LogP) is 4.36. The molecule has 1 aliphatic carbocycles. The Bertz CT molecular complexity index is 895. The lowest BCUT2D eigenvalue weighted by Crippen LogP contribution is -2.27. The number of rotatable bonds is 11. The third kappa shape index (κ3) is 8.24. The monoisotopic (exact) mass is 440 g/mol. The number of benzene rings is 1. The molecule has 0 spiro atoms. The van der Waals surface area contributed by atoms with Crippen molar-refractivity contribution in [1.82, 2.24) is 0 Å². The zero-order valence-corrected chi connectivity index (χ0v) is 17.1. The molecule has 0 heterocycles. The summed E-state index contributed by atoms with van der Waals surface area (Å²) in [5.41, 5.74) is 1.98. The molecule has 0 bridgehead atoms. The molecule has 0 amide bonds. The Kier molecular flexibility index (Phi) is 8.78. The molecular formula is C22H23F3O6. The van der Waals surface area contributed by atoms with Gasteiger partial charge in [-0.05, 0) is 61.9 Å². The highest BCUT2D eigenvalue weighted by molar-refractivity contribution is 5.68. The summed E-state index contributed by atoms with van der Waals surface area (Å²) in [6.07, 6.45) is -0.283. The first-order chi connectivity index (χ1) is 14.7. The van der Waals surface area contributed by atoms with Crippen molar-refractivity contribution in [3.63, 3.8) is 0 Å². The van der Waals surface area contributed by atoms with Crippen LogP contribution < -0.4 is 9.47 Å². The van der Waals surface area contributed by atoms with Crippen molar-refractivity contribution in [3.8, 4) is 11.5 Å². The van der Waals surface area contributed by atoms with Crippen LogP contribution in [0.2, 0.25) is 0 Å². The van der Waals surface area contributed by atoms with Crippen LogP contribution in [0.25, 0.3) is 0 Å². The maximum Gasteiger partial charge on any atom is 0.423 e. The summed E-state index contributed by atoms with van der Waals surface area (Å²) in [7, 11) is 0. The number of hydrogen-bond acceptors (Lipinski definition) is 5. The van der Waals surface area contributed by atoms with Gasteiger partial charge in [0, 0.05) is 6.61 Å². The Morgan fingerprint density at radius 3 is 2.55 bits per heavy atom. The second-order valence-electron chi connectivity index (χ2n) is 6.43. The first kappa shape index (κ1) is 24.1. The molecule has 0 fully saturated rings. The molecule has 1 aliphatic rings. The second-order valence-corrected chi connectivity index (χ2v) is 6.43. The zero-order valence-electron chi connectivity index (χ0n) is 17.1. The minimum absolute atomic E-state index is 0.0675. The zero-order chi connectivity index (χ0) is 22.9. The minimum atomic E-state index is -4.48. The standard InChI is InChI=1S/C22H23F3O6/c1-3-28-19(12-29-17-6-4-5-16(7-8-17)22(23,24)25)13-30-18-9-10-20(15(2)11-18)31-14-21(26)27/h4,6-11,19H,3,12-14H2,1-2H3,(H,26,27). The van der Waals surface area contributed by atoms with E-state index in [0.717, 1.165) is 12.2 Å². The third-order valence-corrected chi connectivity index (χ3v) is 3.98. The van der Waals surface area contributed by atoms with Crippen LogP contribution in [-0.4, -0.2) is 49.8 Å². The van der Waals surface area contributed by atoms with Crippen molar-refractivity contribution in [2.75, 3.05) is 26.4 Å². The average Bonchev–Trinajstić information content (AvgIpc) is 2.95. The van der Waals surface area contributed by atoms with E-state index in [1.807, 2.05) is 0 Å². The van der Waals surface area contributed by atoms with E-state index < -0.39 is 30.4 Å². The Morgan fingerprint density at radius 2 is 1.90 bits per heavy atom. The number of carboxylic acid groups (broad SMARTS) is 1. The molecule has 168 valence electrons. The van der Waals surface area contributed by atoms with Crippen LogP contribution >= 0.6 is 0 Å². The Hall–Kier alpha value is -3.16. The van der Waals surface area contributed by atoms with Gasteiger partial charge in [-0.2, -0.15) is 13.2 Å². The summed E-state index contributed by atoms with van der Waals surface area (Å²) in [6.45, 7) is 3.73. The van der Waals surface area contributed by atoms with E-state index >= 15 is 0 Å². The summed E-state index contributed by atoms with van der Waals surface area (Å²) in [5.74, 6) is 0.137. The van der Waals surface area contributed by atoms with Gasteiger partial charge in [0.25, 0.3) is 0 Å². The fraction of sp³-hybridized carbons (Fsp3) is 0.364. The Morgan fingerprint density at radius 1 is 1.16 bits per heavy atom. The molecule has 1 N–H and O–H groups in total. The van der Waals surface area contributed by atoms with Gasteiger partial charge >= 0.3 is 12.1 Å². The first-order valence-electron chi connectivity index (χ1n) is 9.43. The highest BCUT2D eigenvalue weighted by Gasteiger charge is 2.32. The normalized spacial score (nSPS) is 14.4. The summed E-state index contributed by atoms with van der Waals surface area (Å²) < 4.78 is 60.3. The Labute approximate surface area is 177 Å². The molecule has 9 heteroatoms.